The normalized spacial score (nSPS) is 14.5. The highest BCUT2D eigenvalue weighted by atomic mass is 35.5. The Balaban J connectivity index is 1.39. The molecule has 0 aliphatic carbocycles. The molecule has 0 spiro atoms. The van der Waals surface area contributed by atoms with Crippen molar-refractivity contribution in [3.05, 3.63) is 99.4 Å². The Hall–Kier alpha value is -3.69. The molecule has 6 nitrogen and oxygen atoms in total. The predicted molar refractivity (Wildman–Crippen MR) is 130 cm³/mol. The summed E-state index contributed by atoms with van der Waals surface area (Å²) >= 11 is 6.99. The third kappa shape index (κ3) is 6.26. The fraction of sp³-hybridized carbons (Fsp3) is 0.0800. The van der Waals surface area contributed by atoms with Crippen molar-refractivity contribution in [1.29, 1.82) is 0 Å². The molecule has 0 atom stereocenters. The van der Waals surface area contributed by atoms with Crippen molar-refractivity contribution in [2.45, 2.75) is 6.61 Å². The Morgan fingerprint density at radius 1 is 1.03 bits per heavy atom. The van der Waals surface area contributed by atoms with Gasteiger partial charge in [-0.25, -0.2) is 8.78 Å². The van der Waals surface area contributed by atoms with Gasteiger partial charge in [0.25, 0.3) is 11.1 Å². The molecule has 178 valence electrons. The van der Waals surface area contributed by atoms with Gasteiger partial charge in [-0.05, 0) is 77.5 Å². The number of imide groups is 1. The summed E-state index contributed by atoms with van der Waals surface area (Å²) < 4.78 is 31.9. The Labute approximate surface area is 208 Å². The van der Waals surface area contributed by atoms with Crippen molar-refractivity contribution in [1.82, 2.24) is 4.90 Å². The number of carbonyl (C=O) groups is 3. The number of hydrogen-bond acceptors (Lipinski definition) is 5. The first kappa shape index (κ1) is 24.4. The van der Waals surface area contributed by atoms with Crippen LogP contribution in [0.1, 0.15) is 11.1 Å². The zero-order chi connectivity index (χ0) is 24.9. The molecular formula is C25H17ClF2N2O4S. The first-order valence-electron chi connectivity index (χ1n) is 10.3. The number of halogens is 3. The summed E-state index contributed by atoms with van der Waals surface area (Å²) in [7, 11) is 0. The zero-order valence-corrected chi connectivity index (χ0v) is 19.5. The molecule has 10 heteroatoms. The van der Waals surface area contributed by atoms with Crippen LogP contribution in [0, 0.1) is 11.6 Å². The summed E-state index contributed by atoms with van der Waals surface area (Å²) in [4.78, 5) is 38.2. The molecule has 1 aliphatic heterocycles. The van der Waals surface area contributed by atoms with E-state index in [-0.39, 0.29) is 22.4 Å². The molecule has 0 unspecified atom stereocenters. The van der Waals surface area contributed by atoms with E-state index in [2.05, 4.69) is 5.32 Å². The fourth-order valence-electron chi connectivity index (χ4n) is 3.18. The molecule has 1 fully saturated rings. The number of hydrogen-bond donors (Lipinski definition) is 1. The van der Waals surface area contributed by atoms with Gasteiger partial charge in [0.15, 0.2) is 0 Å². The van der Waals surface area contributed by atoms with Gasteiger partial charge in [-0.3, -0.25) is 19.3 Å². The van der Waals surface area contributed by atoms with Crippen LogP contribution in [0.2, 0.25) is 5.02 Å². The van der Waals surface area contributed by atoms with Gasteiger partial charge in [-0.15, -0.1) is 0 Å². The van der Waals surface area contributed by atoms with Crippen LogP contribution in [0.4, 0.5) is 19.3 Å². The number of nitrogens with one attached hydrogen (secondary N) is 1. The van der Waals surface area contributed by atoms with E-state index in [1.807, 2.05) is 0 Å². The minimum atomic E-state index is -0.614. The van der Waals surface area contributed by atoms with E-state index in [9.17, 15) is 23.2 Å². The molecule has 1 aliphatic rings. The monoisotopic (exact) mass is 514 g/mol. The summed E-state index contributed by atoms with van der Waals surface area (Å²) in [5, 5.41) is 2.19. The lowest BCUT2D eigenvalue weighted by molar-refractivity contribution is -0.127. The van der Waals surface area contributed by atoms with Crippen molar-refractivity contribution >= 4 is 52.2 Å². The number of thioether (sulfide) groups is 1. The van der Waals surface area contributed by atoms with Gasteiger partial charge >= 0.3 is 0 Å². The highest BCUT2D eigenvalue weighted by Crippen LogP contribution is 2.34. The first-order valence-corrected chi connectivity index (χ1v) is 11.5. The van der Waals surface area contributed by atoms with Crippen molar-refractivity contribution in [3.63, 3.8) is 0 Å². The molecule has 0 radical (unpaired) electrons. The highest BCUT2D eigenvalue weighted by Gasteiger charge is 2.36. The van der Waals surface area contributed by atoms with E-state index in [1.54, 1.807) is 30.3 Å². The van der Waals surface area contributed by atoms with Crippen LogP contribution in [0.25, 0.3) is 6.08 Å². The number of benzene rings is 3. The molecule has 1 saturated heterocycles. The van der Waals surface area contributed by atoms with E-state index in [1.165, 1.54) is 42.5 Å². The van der Waals surface area contributed by atoms with Crippen LogP contribution in [0.15, 0.2) is 71.6 Å². The molecule has 1 N–H and O–H groups in total. The van der Waals surface area contributed by atoms with Crippen molar-refractivity contribution in [2.24, 2.45) is 0 Å². The summed E-state index contributed by atoms with van der Waals surface area (Å²) in [6.45, 7) is -0.358. The minimum absolute atomic E-state index is 0.121. The average Bonchev–Trinajstić information content (AvgIpc) is 3.07. The molecular weight excluding hydrogens is 498 g/mol. The van der Waals surface area contributed by atoms with Crippen LogP contribution >= 0.6 is 23.4 Å². The van der Waals surface area contributed by atoms with E-state index in [0.717, 1.165) is 4.90 Å². The quantitative estimate of drug-likeness (QED) is 0.399. The van der Waals surface area contributed by atoms with Crippen LogP contribution < -0.4 is 10.1 Å². The van der Waals surface area contributed by atoms with Crippen LogP contribution in [-0.2, 0) is 16.2 Å². The van der Waals surface area contributed by atoms with Gasteiger partial charge in [-0.1, -0.05) is 29.8 Å². The van der Waals surface area contributed by atoms with Gasteiger partial charge in [0.05, 0.1) is 9.93 Å². The Kier molecular flexibility index (Phi) is 7.48. The van der Waals surface area contributed by atoms with Gasteiger partial charge in [0.1, 0.15) is 30.5 Å². The molecule has 0 aromatic heterocycles. The summed E-state index contributed by atoms with van der Waals surface area (Å²) in [5.74, 6) is -1.65. The van der Waals surface area contributed by atoms with Gasteiger partial charge < -0.3 is 10.1 Å². The molecule has 4 rings (SSSR count). The maximum atomic E-state index is 13.3. The van der Waals surface area contributed by atoms with Crippen LogP contribution in [0.3, 0.4) is 0 Å². The summed E-state index contributed by atoms with van der Waals surface area (Å²) in [6, 6.07) is 15.9. The second kappa shape index (κ2) is 10.7. The zero-order valence-electron chi connectivity index (χ0n) is 18.0. The van der Waals surface area contributed by atoms with Crippen LogP contribution in [-0.4, -0.2) is 28.5 Å². The SMILES string of the molecule is O=C(CN1C(=O)S/C(=C\c2ccc(OCc3cccc(F)c3)c(Cl)c2)C1=O)Nc1ccc(F)cc1. The molecule has 3 aromatic carbocycles. The number of nitrogens with zero attached hydrogens (tertiary/aromatic N) is 1. The van der Waals surface area contributed by atoms with Gasteiger partial charge in [0.2, 0.25) is 5.91 Å². The average molecular weight is 515 g/mol. The number of ether oxygens (including phenoxy) is 1. The second-order valence-corrected chi connectivity index (χ2v) is 8.83. The number of amides is 3. The van der Waals surface area contributed by atoms with E-state index in [4.69, 9.17) is 16.3 Å². The molecule has 0 saturated carbocycles. The molecule has 35 heavy (non-hydrogen) atoms. The molecule has 0 bridgehead atoms. The standard InChI is InChI=1S/C25H17ClF2N2O4S/c26-20-11-15(4-9-21(20)34-14-16-2-1-3-18(28)10-16)12-22-24(32)30(25(33)35-22)13-23(31)29-19-7-5-17(27)6-8-19/h1-12H,13-14H2,(H,29,31)/b22-12-. The molecule has 1 heterocycles. The smallest absolute Gasteiger partial charge is 0.294 e. The summed E-state index contributed by atoms with van der Waals surface area (Å²) in [6.07, 6.45) is 1.49. The van der Waals surface area contributed by atoms with Gasteiger partial charge in [0, 0.05) is 5.69 Å². The lowest BCUT2D eigenvalue weighted by Crippen LogP contribution is -2.36. The third-order valence-electron chi connectivity index (χ3n) is 4.84. The third-order valence-corrected chi connectivity index (χ3v) is 6.04. The Morgan fingerprint density at radius 2 is 1.80 bits per heavy atom. The number of anilines is 1. The highest BCUT2D eigenvalue weighted by molar-refractivity contribution is 8.18. The first-order chi connectivity index (χ1) is 16.8. The summed E-state index contributed by atoms with van der Waals surface area (Å²) in [5.41, 5.74) is 1.53. The number of rotatable bonds is 7. The molecule has 3 aromatic rings. The van der Waals surface area contributed by atoms with E-state index < -0.39 is 29.4 Å². The fourth-order valence-corrected chi connectivity index (χ4v) is 4.26. The lowest BCUT2D eigenvalue weighted by Gasteiger charge is -2.12. The van der Waals surface area contributed by atoms with Gasteiger partial charge in [-0.2, -0.15) is 0 Å². The Bertz CT molecular complexity index is 1330. The largest absolute Gasteiger partial charge is 0.487 e. The molecule has 3 amide bonds. The van der Waals surface area contributed by atoms with Crippen molar-refractivity contribution in [2.75, 3.05) is 11.9 Å². The van der Waals surface area contributed by atoms with Crippen molar-refractivity contribution < 1.29 is 27.9 Å². The minimum Gasteiger partial charge on any atom is -0.487 e. The van der Waals surface area contributed by atoms with Crippen molar-refractivity contribution in [3.8, 4) is 5.75 Å². The Morgan fingerprint density at radius 3 is 2.51 bits per heavy atom. The topological polar surface area (TPSA) is 75.7 Å². The number of carbonyl (C=O) groups excluding carboxylic acids is 3. The predicted octanol–water partition coefficient (Wildman–Crippen LogP) is 5.87. The lowest BCUT2D eigenvalue weighted by atomic mass is 10.2. The second-order valence-electron chi connectivity index (χ2n) is 7.43. The van der Waals surface area contributed by atoms with Crippen LogP contribution in [0.5, 0.6) is 5.75 Å². The maximum absolute atomic E-state index is 13.3. The maximum Gasteiger partial charge on any atom is 0.294 e. The van der Waals surface area contributed by atoms with E-state index >= 15 is 0 Å². The van der Waals surface area contributed by atoms with E-state index in [0.29, 0.717) is 34.3 Å².